The Morgan fingerprint density at radius 2 is 1.85 bits per heavy atom. The molecule has 34 heavy (non-hydrogen) atoms. The second-order valence-electron chi connectivity index (χ2n) is 7.74. The lowest BCUT2D eigenvalue weighted by Crippen LogP contribution is -2.30. The molecule has 10 nitrogen and oxygen atoms in total. The van der Waals surface area contributed by atoms with Crippen molar-refractivity contribution in [2.24, 2.45) is 0 Å². The van der Waals surface area contributed by atoms with Gasteiger partial charge < -0.3 is 9.84 Å². The monoisotopic (exact) mass is 473 g/mol. The number of ether oxygens (including phenoxy) is 1. The Labute approximate surface area is 193 Å². The van der Waals surface area contributed by atoms with Crippen molar-refractivity contribution in [1.82, 2.24) is 15.0 Å². The van der Waals surface area contributed by atoms with Gasteiger partial charge in [0.25, 0.3) is 0 Å². The highest BCUT2D eigenvalue weighted by Gasteiger charge is 2.27. The molecule has 0 aliphatic rings. The molecule has 0 fully saturated rings. The van der Waals surface area contributed by atoms with Gasteiger partial charge in [0, 0.05) is 36.5 Å². The van der Waals surface area contributed by atoms with E-state index in [1.54, 1.807) is 6.07 Å². The predicted octanol–water partition coefficient (Wildman–Crippen LogP) is 3.83. The maximum Gasteiger partial charge on any atom is 0.387 e. The van der Waals surface area contributed by atoms with Crippen LogP contribution in [0, 0.1) is 10.1 Å². The van der Waals surface area contributed by atoms with Gasteiger partial charge in [0.05, 0.1) is 17.2 Å². The highest BCUT2D eigenvalue weighted by atomic mass is 19.3. The van der Waals surface area contributed by atoms with Crippen molar-refractivity contribution in [2.45, 2.75) is 39.5 Å². The van der Waals surface area contributed by atoms with Crippen LogP contribution in [0.3, 0.4) is 0 Å². The Kier molecular flexibility index (Phi) is 7.11. The van der Waals surface area contributed by atoms with E-state index in [0.717, 1.165) is 4.90 Å². The minimum absolute atomic E-state index is 0.166. The number of carbonyl (C=O) groups is 1. The molecule has 2 heterocycles. The fourth-order valence-corrected chi connectivity index (χ4v) is 3.07. The molecule has 0 unspecified atom stereocenters. The predicted molar refractivity (Wildman–Crippen MR) is 117 cm³/mol. The fourth-order valence-electron chi connectivity index (χ4n) is 3.07. The summed E-state index contributed by atoms with van der Waals surface area (Å²) in [5.41, 5.74) is -0.913. The van der Waals surface area contributed by atoms with Crippen molar-refractivity contribution < 1.29 is 28.3 Å². The van der Waals surface area contributed by atoms with E-state index >= 15 is 0 Å². The van der Waals surface area contributed by atoms with E-state index in [0.29, 0.717) is 5.56 Å². The van der Waals surface area contributed by atoms with Gasteiger partial charge in [-0.2, -0.15) is 8.78 Å². The molecular weight excluding hydrogens is 452 g/mol. The van der Waals surface area contributed by atoms with Crippen molar-refractivity contribution in [1.29, 1.82) is 0 Å². The van der Waals surface area contributed by atoms with Gasteiger partial charge >= 0.3 is 12.3 Å². The maximum atomic E-state index is 12.8. The highest BCUT2D eigenvalue weighted by molar-refractivity contribution is 5.93. The number of nitro groups is 1. The summed E-state index contributed by atoms with van der Waals surface area (Å²) in [5, 5.41) is 21.7. The molecule has 0 spiro atoms. The van der Waals surface area contributed by atoms with Crippen LogP contribution in [0.4, 0.5) is 20.3 Å². The number of aliphatic hydroxyl groups is 1. The van der Waals surface area contributed by atoms with Gasteiger partial charge in [-0.05, 0) is 26.0 Å². The molecule has 1 N–H and O–H groups in total. The maximum absolute atomic E-state index is 12.8. The van der Waals surface area contributed by atoms with Crippen LogP contribution in [0.25, 0.3) is 11.3 Å². The van der Waals surface area contributed by atoms with Crippen LogP contribution in [0.2, 0.25) is 0 Å². The number of rotatable bonds is 8. The largest absolute Gasteiger partial charge is 0.434 e. The number of aromatic nitrogens is 3. The first-order valence-electron chi connectivity index (χ1n) is 9.99. The lowest BCUT2D eigenvalue weighted by atomic mass is 10.1. The van der Waals surface area contributed by atoms with E-state index in [4.69, 9.17) is 0 Å². The van der Waals surface area contributed by atoms with Gasteiger partial charge in [0.1, 0.15) is 11.4 Å². The first-order chi connectivity index (χ1) is 16.0. The van der Waals surface area contributed by atoms with Crippen LogP contribution in [-0.4, -0.2) is 37.5 Å². The van der Waals surface area contributed by atoms with Crippen molar-refractivity contribution in [3.8, 4) is 17.0 Å². The summed E-state index contributed by atoms with van der Waals surface area (Å²) in [6.45, 7) is 0.823. The number of benzene rings is 1. The smallest absolute Gasteiger partial charge is 0.387 e. The molecule has 3 aromatic rings. The molecule has 3 rings (SSSR count). The summed E-state index contributed by atoms with van der Waals surface area (Å²) in [6, 6.07) is 8.37. The third-order valence-electron chi connectivity index (χ3n) is 4.70. The third-order valence-corrected chi connectivity index (χ3v) is 4.70. The minimum Gasteiger partial charge on any atom is -0.434 e. The van der Waals surface area contributed by atoms with E-state index in [9.17, 15) is 28.8 Å². The van der Waals surface area contributed by atoms with Crippen LogP contribution in [0.1, 0.15) is 32.2 Å². The number of carbonyl (C=O) groups excluding carboxylic acids is 1. The second-order valence-corrected chi connectivity index (χ2v) is 7.74. The third kappa shape index (κ3) is 5.64. The summed E-state index contributed by atoms with van der Waals surface area (Å²) in [7, 11) is 0. The number of alkyl halides is 2. The van der Waals surface area contributed by atoms with Gasteiger partial charge in [0.2, 0.25) is 11.7 Å². The average molecular weight is 473 g/mol. The number of nitrogens with zero attached hydrogens (tertiary/aromatic N) is 5. The molecule has 1 amide bonds. The van der Waals surface area contributed by atoms with Gasteiger partial charge in [-0.1, -0.05) is 18.2 Å². The molecule has 0 bridgehead atoms. The Hall–Kier alpha value is -4.06. The zero-order valence-electron chi connectivity index (χ0n) is 18.5. The number of pyridine rings is 1. The quantitative estimate of drug-likeness (QED) is 0.386. The molecule has 12 heteroatoms. The van der Waals surface area contributed by atoms with Gasteiger partial charge in [-0.15, -0.1) is 0 Å². The Morgan fingerprint density at radius 3 is 2.41 bits per heavy atom. The van der Waals surface area contributed by atoms with Crippen molar-refractivity contribution in [3.63, 3.8) is 0 Å². The van der Waals surface area contributed by atoms with Gasteiger partial charge in [-0.3, -0.25) is 19.8 Å². The summed E-state index contributed by atoms with van der Waals surface area (Å²) in [5.74, 6) is -0.890. The number of amides is 1. The van der Waals surface area contributed by atoms with E-state index in [-0.39, 0.29) is 35.2 Å². The van der Waals surface area contributed by atoms with Gasteiger partial charge in [-0.25, -0.2) is 15.0 Å². The summed E-state index contributed by atoms with van der Waals surface area (Å²) >= 11 is 0. The lowest BCUT2D eigenvalue weighted by molar-refractivity contribution is -0.384. The number of hydrogen-bond acceptors (Lipinski definition) is 8. The van der Waals surface area contributed by atoms with E-state index < -0.39 is 28.7 Å². The van der Waals surface area contributed by atoms with Crippen LogP contribution in [-0.2, 0) is 16.9 Å². The van der Waals surface area contributed by atoms with Crippen LogP contribution in [0.5, 0.6) is 5.75 Å². The number of para-hydroxylation sites is 1. The standard InChI is InChI=1S/C22H21F2N5O5/c1-13(30)28(12-14-6-4-5-7-18(14)34-21(23)24)19-17(29(32)33)9-8-16(27-19)15-10-25-20(26-11-15)22(2,3)31/h4-11,21,31H,12H2,1-3H3. The molecule has 178 valence electrons. The first-order valence-corrected chi connectivity index (χ1v) is 9.99. The molecule has 0 saturated heterocycles. The van der Waals surface area contributed by atoms with E-state index in [1.165, 1.54) is 63.5 Å². The molecule has 1 aromatic carbocycles. The number of hydrogen-bond donors (Lipinski definition) is 1. The van der Waals surface area contributed by atoms with Crippen molar-refractivity contribution in [3.05, 3.63) is 70.3 Å². The fraction of sp³-hybridized carbons (Fsp3) is 0.273. The second kappa shape index (κ2) is 9.83. The summed E-state index contributed by atoms with van der Waals surface area (Å²) < 4.78 is 30.1. The van der Waals surface area contributed by atoms with Crippen molar-refractivity contribution >= 4 is 17.4 Å². The molecular formula is C22H21F2N5O5. The topological polar surface area (TPSA) is 132 Å². The van der Waals surface area contributed by atoms with Crippen LogP contribution < -0.4 is 9.64 Å². The normalized spacial score (nSPS) is 11.4. The summed E-state index contributed by atoms with van der Waals surface area (Å²) in [6.07, 6.45) is 2.78. The van der Waals surface area contributed by atoms with E-state index in [2.05, 4.69) is 19.7 Å². The average Bonchev–Trinajstić information content (AvgIpc) is 2.77. The summed E-state index contributed by atoms with van der Waals surface area (Å²) in [4.78, 5) is 36.9. The molecule has 0 atom stereocenters. The number of anilines is 1. The molecule has 2 aromatic heterocycles. The number of halogens is 2. The zero-order chi connectivity index (χ0) is 25.0. The van der Waals surface area contributed by atoms with Crippen LogP contribution in [0.15, 0.2) is 48.8 Å². The Morgan fingerprint density at radius 1 is 1.21 bits per heavy atom. The Balaban J connectivity index is 2.06. The molecule has 0 aliphatic heterocycles. The SMILES string of the molecule is CC(=O)N(Cc1ccccc1OC(F)F)c1nc(-c2cnc(C(C)(C)O)nc2)ccc1[N+](=O)[O-]. The Bertz CT molecular complexity index is 1200. The molecule has 0 radical (unpaired) electrons. The minimum atomic E-state index is -3.09. The molecule has 0 aliphatic carbocycles. The van der Waals surface area contributed by atoms with Crippen molar-refractivity contribution in [2.75, 3.05) is 4.90 Å². The van der Waals surface area contributed by atoms with E-state index in [1.807, 2.05) is 0 Å². The highest BCUT2D eigenvalue weighted by Crippen LogP contribution is 2.32. The first kappa shape index (κ1) is 24.6. The van der Waals surface area contributed by atoms with Gasteiger partial charge in [0.15, 0.2) is 5.82 Å². The zero-order valence-corrected chi connectivity index (χ0v) is 18.5. The van der Waals surface area contributed by atoms with Crippen LogP contribution >= 0.6 is 0 Å². The molecule has 0 saturated carbocycles. The lowest BCUT2D eigenvalue weighted by Gasteiger charge is -2.22.